The number of hydrogen-bond donors (Lipinski definition) is 1. The highest BCUT2D eigenvalue weighted by atomic mass is 16.4. The molecule has 0 saturated heterocycles. The fourth-order valence-corrected chi connectivity index (χ4v) is 2.44. The third-order valence-corrected chi connectivity index (χ3v) is 3.43. The molecule has 3 heteroatoms. The van der Waals surface area contributed by atoms with Gasteiger partial charge >= 0.3 is 5.63 Å². The fourth-order valence-electron chi connectivity index (χ4n) is 2.44. The Balaban J connectivity index is 2.32. The van der Waals surface area contributed by atoms with Crippen molar-refractivity contribution in [2.45, 2.75) is 6.92 Å². The maximum Gasteiger partial charge on any atom is 0.347 e. The molecule has 0 fully saturated rings. The Labute approximate surface area is 121 Å². The molecule has 3 rings (SSSR count). The summed E-state index contributed by atoms with van der Waals surface area (Å²) in [5, 5.41) is 11.0. The second-order valence-electron chi connectivity index (χ2n) is 4.68. The lowest BCUT2D eigenvalue weighted by atomic mass is 9.97. The van der Waals surface area contributed by atoms with Crippen LogP contribution < -0.4 is 5.63 Å². The maximum atomic E-state index is 12.3. The van der Waals surface area contributed by atoms with Gasteiger partial charge in [-0.1, -0.05) is 48.5 Å². The Morgan fingerprint density at radius 3 is 2.43 bits per heavy atom. The number of benzene rings is 2. The van der Waals surface area contributed by atoms with E-state index in [1.54, 1.807) is 30.3 Å². The van der Waals surface area contributed by atoms with Crippen molar-refractivity contribution in [3.05, 3.63) is 82.2 Å². The Morgan fingerprint density at radius 2 is 1.71 bits per heavy atom. The summed E-state index contributed by atoms with van der Waals surface area (Å²) in [6, 6.07) is 16.4. The van der Waals surface area contributed by atoms with Gasteiger partial charge in [-0.3, -0.25) is 0 Å². The molecule has 0 bridgehead atoms. The average Bonchev–Trinajstić information content (AvgIpc) is 2.52. The highest BCUT2D eigenvalue weighted by Gasteiger charge is 2.18. The number of aromatic hydroxyl groups is 1. The summed E-state index contributed by atoms with van der Waals surface area (Å²) in [7, 11) is 0. The van der Waals surface area contributed by atoms with Gasteiger partial charge in [-0.25, -0.2) is 4.79 Å². The van der Waals surface area contributed by atoms with Crippen LogP contribution in [0.5, 0.6) is 5.75 Å². The largest absolute Gasteiger partial charge is 0.506 e. The standard InChI is InChI=1S/C18H14O3/c1-2-13(12-8-4-3-5-9-12)16-17(19)14-10-6-7-11-15(14)21-18(16)20/h2-11,19H,1H3. The minimum atomic E-state index is -0.539. The number of para-hydroxylation sites is 1. The van der Waals surface area contributed by atoms with Crippen LogP contribution in [0.4, 0.5) is 0 Å². The molecule has 3 nitrogen and oxygen atoms in total. The van der Waals surface area contributed by atoms with Gasteiger partial charge in [0, 0.05) is 0 Å². The molecule has 21 heavy (non-hydrogen) atoms. The van der Waals surface area contributed by atoms with Crippen LogP contribution in [0.1, 0.15) is 18.1 Å². The highest BCUT2D eigenvalue weighted by Crippen LogP contribution is 2.33. The molecule has 0 spiro atoms. The molecule has 104 valence electrons. The van der Waals surface area contributed by atoms with E-state index in [1.165, 1.54) is 0 Å². The molecule has 0 atom stereocenters. The van der Waals surface area contributed by atoms with Crippen molar-refractivity contribution < 1.29 is 9.52 Å². The molecule has 0 aliphatic heterocycles. The van der Waals surface area contributed by atoms with Crippen molar-refractivity contribution in [1.82, 2.24) is 0 Å². The van der Waals surface area contributed by atoms with Crippen LogP contribution in [0.3, 0.4) is 0 Å². The third kappa shape index (κ3) is 2.23. The number of allylic oxidation sites excluding steroid dienone is 1. The Hall–Kier alpha value is -2.81. The first-order chi connectivity index (χ1) is 10.2. The van der Waals surface area contributed by atoms with E-state index in [-0.39, 0.29) is 11.3 Å². The van der Waals surface area contributed by atoms with Crippen LogP contribution in [-0.4, -0.2) is 5.11 Å². The minimum Gasteiger partial charge on any atom is -0.506 e. The van der Waals surface area contributed by atoms with Crippen LogP contribution in [0, 0.1) is 0 Å². The SMILES string of the molecule is CC=C(c1ccccc1)c1c(O)c2ccccc2oc1=O. The van der Waals surface area contributed by atoms with E-state index in [0.717, 1.165) is 5.56 Å². The van der Waals surface area contributed by atoms with Gasteiger partial charge in [0.2, 0.25) is 0 Å². The van der Waals surface area contributed by atoms with E-state index in [2.05, 4.69) is 0 Å². The summed E-state index contributed by atoms with van der Waals surface area (Å²) in [5.74, 6) is -0.0428. The average molecular weight is 278 g/mol. The van der Waals surface area contributed by atoms with Crippen LogP contribution in [-0.2, 0) is 0 Å². The van der Waals surface area contributed by atoms with Crippen molar-refractivity contribution in [2.75, 3.05) is 0 Å². The predicted molar refractivity (Wildman–Crippen MR) is 83.3 cm³/mol. The molecular weight excluding hydrogens is 264 g/mol. The molecule has 0 aliphatic carbocycles. The molecule has 0 amide bonds. The second kappa shape index (κ2) is 5.29. The van der Waals surface area contributed by atoms with Gasteiger partial charge in [-0.2, -0.15) is 0 Å². The van der Waals surface area contributed by atoms with Gasteiger partial charge in [-0.05, 0) is 30.2 Å². The van der Waals surface area contributed by atoms with E-state index in [0.29, 0.717) is 16.5 Å². The minimum absolute atomic E-state index is 0.0428. The van der Waals surface area contributed by atoms with Crippen molar-refractivity contribution in [1.29, 1.82) is 0 Å². The van der Waals surface area contributed by atoms with Gasteiger partial charge in [0.25, 0.3) is 0 Å². The summed E-state index contributed by atoms with van der Waals surface area (Å²) < 4.78 is 5.32. The van der Waals surface area contributed by atoms with Crippen LogP contribution in [0.25, 0.3) is 16.5 Å². The number of rotatable bonds is 2. The predicted octanol–water partition coefficient (Wildman–Crippen LogP) is 3.95. The second-order valence-corrected chi connectivity index (χ2v) is 4.68. The fraction of sp³-hybridized carbons (Fsp3) is 0.0556. The quantitative estimate of drug-likeness (QED) is 0.722. The molecule has 1 aromatic heterocycles. The zero-order chi connectivity index (χ0) is 14.8. The van der Waals surface area contributed by atoms with Gasteiger partial charge in [0.1, 0.15) is 16.9 Å². The molecule has 1 heterocycles. The van der Waals surface area contributed by atoms with E-state index < -0.39 is 5.63 Å². The van der Waals surface area contributed by atoms with E-state index in [4.69, 9.17) is 4.42 Å². The summed E-state index contributed by atoms with van der Waals surface area (Å²) >= 11 is 0. The number of fused-ring (bicyclic) bond motifs is 1. The van der Waals surface area contributed by atoms with Crippen LogP contribution in [0.15, 0.2) is 69.9 Å². The van der Waals surface area contributed by atoms with Crippen LogP contribution >= 0.6 is 0 Å². The molecule has 0 radical (unpaired) electrons. The first kappa shape index (κ1) is 13.2. The summed E-state index contributed by atoms with van der Waals surface area (Å²) in [5.41, 5.74) is 1.56. The molecule has 3 aromatic rings. The highest BCUT2D eigenvalue weighted by molar-refractivity contribution is 5.92. The Kier molecular flexibility index (Phi) is 3.32. The molecule has 0 unspecified atom stereocenters. The van der Waals surface area contributed by atoms with Crippen molar-refractivity contribution in [2.24, 2.45) is 0 Å². The smallest absolute Gasteiger partial charge is 0.347 e. The molecule has 0 saturated carbocycles. The summed E-state index contributed by atoms with van der Waals surface area (Å²) in [6.45, 7) is 1.83. The summed E-state index contributed by atoms with van der Waals surface area (Å²) in [6.07, 6.45) is 1.80. The summed E-state index contributed by atoms with van der Waals surface area (Å²) in [4.78, 5) is 12.3. The molecule has 0 aliphatic rings. The first-order valence-electron chi connectivity index (χ1n) is 6.69. The zero-order valence-electron chi connectivity index (χ0n) is 11.5. The van der Waals surface area contributed by atoms with Gasteiger partial charge in [0.15, 0.2) is 0 Å². The van der Waals surface area contributed by atoms with E-state index >= 15 is 0 Å². The lowest BCUT2D eigenvalue weighted by molar-refractivity contribution is 0.465. The lowest BCUT2D eigenvalue weighted by Gasteiger charge is -2.10. The van der Waals surface area contributed by atoms with Crippen molar-refractivity contribution in [3.8, 4) is 5.75 Å². The zero-order valence-corrected chi connectivity index (χ0v) is 11.5. The van der Waals surface area contributed by atoms with E-state index in [9.17, 15) is 9.90 Å². The monoisotopic (exact) mass is 278 g/mol. The lowest BCUT2D eigenvalue weighted by Crippen LogP contribution is -2.08. The third-order valence-electron chi connectivity index (χ3n) is 3.43. The maximum absolute atomic E-state index is 12.3. The topological polar surface area (TPSA) is 50.4 Å². The Morgan fingerprint density at radius 1 is 1.05 bits per heavy atom. The Bertz CT molecular complexity index is 874. The van der Waals surface area contributed by atoms with Crippen molar-refractivity contribution >= 4 is 16.5 Å². The van der Waals surface area contributed by atoms with Crippen LogP contribution in [0.2, 0.25) is 0 Å². The van der Waals surface area contributed by atoms with Gasteiger partial charge in [0.05, 0.1) is 5.39 Å². The van der Waals surface area contributed by atoms with E-state index in [1.807, 2.05) is 37.3 Å². The van der Waals surface area contributed by atoms with Crippen molar-refractivity contribution in [3.63, 3.8) is 0 Å². The van der Waals surface area contributed by atoms with Gasteiger partial charge < -0.3 is 9.52 Å². The molecular formula is C18H14O3. The first-order valence-corrected chi connectivity index (χ1v) is 6.69. The normalized spacial score (nSPS) is 11.8. The molecule has 2 aromatic carbocycles. The van der Waals surface area contributed by atoms with Gasteiger partial charge in [-0.15, -0.1) is 0 Å². The number of hydrogen-bond acceptors (Lipinski definition) is 3. The molecule has 1 N–H and O–H groups in total.